The highest BCUT2D eigenvalue weighted by Gasteiger charge is 2.31. The molecule has 6 aromatic rings. The van der Waals surface area contributed by atoms with Crippen LogP contribution in [0.1, 0.15) is 5.56 Å². The summed E-state index contributed by atoms with van der Waals surface area (Å²) in [5.41, 5.74) is 3.50. The molecule has 0 bridgehead atoms. The number of rotatable bonds is 6. The molecule has 0 unspecified atom stereocenters. The fourth-order valence-electron chi connectivity index (χ4n) is 4.30. The quantitative estimate of drug-likeness (QED) is 0.204. The summed E-state index contributed by atoms with van der Waals surface area (Å²) >= 11 is 13.6. The van der Waals surface area contributed by atoms with Crippen molar-refractivity contribution in [3.63, 3.8) is 0 Å². The molecule has 1 N–H and O–H groups in total. The fourth-order valence-corrected chi connectivity index (χ4v) is 5.67. The predicted molar refractivity (Wildman–Crippen MR) is 155 cm³/mol. The van der Waals surface area contributed by atoms with E-state index in [-0.39, 0.29) is 10.8 Å². The smallest absolute Gasteiger partial charge is 0.417 e. The van der Waals surface area contributed by atoms with Crippen molar-refractivity contribution in [3.8, 4) is 28.3 Å². The van der Waals surface area contributed by atoms with Crippen LogP contribution in [0.3, 0.4) is 0 Å². The average molecular weight is 613 g/mol. The second-order valence-corrected chi connectivity index (χ2v) is 10.8. The third-order valence-electron chi connectivity index (χ3n) is 6.20. The second kappa shape index (κ2) is 10.7. The van der Waals surface area contributed by atoms with Gasteiger partial charge in [0, 0.05) is 22.3 Å². The third kappa shape index (κ3) is 5.46. The number of imidazole rings is 1. The summed E-state index contributed by atoms with van der Waals surface area (Å²) in [7, 11) is 0. The molecule has 0 saturated heterocycles. The summed E-state index contributed by atoms with van der Waals surface area (Å²) in [5, 5.41) is 2.66. The number of aromatic nitrogens is 3. The molecular formula is C29H17Cl2F3N4O2S. The van der Waals surface area contributed by atoms with Gasteiger partial charge in [-0.25, -0.2) is 9.97 Å². The van der Waals surface area contributed by atoms with Gasteiger partial charge in [0.1, 0.15) is 5.75 Å². The molecule has 3 heterocycles. The maximum atomic E-state index is 12.8. The molecular weight excluding hydrogens is 596 g/mol. The molecule has 0 aliphatic heterocycles. The van der Waals surface area contributed by atoms with E-state index < -0.39 is 24.3 Å². The van der Waals surface area contributed by atoms with Gasteiger partial charge in [0.25, 0.3) is 5.91 Å². The van der Waals surface area contributed by atoms with Crippen molar-refractivity contribution in [2.24, 2.45) is 0 Å². The van der Waals surface area contributed by atoms with E-state index in [1.165, 1.54) is 0 Å². The topological polar surface area (TPSA) is 68.5 Å². The lowest BCUT2D eigenvalue weighted by Gasteiger charge is -2.11. The first-order valence-electron chi connectivity index (χ1n) is 12.1. The van der Waals surface area contributed by atoms with Crippen LogP contribution in [0.4, 0.5) is 19.0 Å². The minimum Gasteiger partial charge on any atom is -0.484 e. The van der Waals surface area contributed by atoms with E-state index in [2.05, 4.69) is 20.8 Å². The lowest BCUT2D eigenvalue weighted by atomic mass is 10.0. The number of halogens is 5. The first-order valence-corrected chi connectivity index (χ1v) is 13.7. The summed E-state index contributed by atoms with van der Waals surface area (Å²) in [6.07, 6.45) is -3.99. The van der Waals surface area contributed by atoms with Gasteiger partial charge in [0.2, 0.25) is 0 Å². The average Bonchev–Trinajstić information content (AvgIpc) is 3.49. The van der Waals surface area contributed by atoms with Gasteiger partial charge in [-0.05, 0) is 54.6 Å². The number of nitrogens with zero attached hydrogens (tertiary/aromatic N) is 3. The van der Waals surface area contributed by atoms with Gasteiger partial charge in [0.15, 0.2) is 17.4 Å². The Kier molecular flexibility index (Phi) is 7.06. The normalized spacial score (nSPS) is 11.7. The highest BCUT2D eigenvalue weighted by atomic mass is 35.5. The number of hydrogen-bond acceptors (Lipinski definition) is 5. The number of carbonyl (C=O) groups excluding carboxylic acids is 1. The van der Waals surface area contributed by atoms with Crippen molar-refractivity contribution < 1.29 is 22.7 Å². The molecule has 0 aliphatic rings. The number of pyridine rings is 1. The number of hydrogen-bond donors (Lipinski definition) is 1. The molecule has 6 nitrogen and oxygen atoms in total. The zero-order valence-corrected chi connectivity index (χ0v) is 23.1. The van der Waals surface area contributed by atoms with Crippen LogP contribution in [0, 0.1) is 0 Å². The Morgan fingerprint density at radius 3 is 2.39 bits per heavy atom. The largest absolute Gasteiger partial charge is 0.484 e. The van der Waals surface area contributed by atoms with Crippen LogP contribution in [-0.2, 0) is 11.0 Å². The monoisotopic (exact) mass is 612 g/mol. The van der Waals surface area contributed by atoms with Crippen LogP contribution in [0.5, 0.6) is 5.75 Å². The number of para-hydroxylation sites is 1. The van der Waals surface area contributed by atoms with E-state index in [0.29, 0.717) is 23.0 Å². The highest BCUT2D eigenvalue weighted by molar-refractivity contribution is 7.23. The number of carbonyl (C=O) groups is 1. The molecule has 206 valence electrons. The third-order valence-corrected chi connectivity index (χ3v) is 7.76. The number of fused-ring (bicyclic) bond motifs is 3. The summed E-state index contributed by atoms with van der Waals surface area (Å²) in [5.74, 6) is -0.402. The molecule has 41 heavy (non-hydrogen) atoms. The molecule has 1 amide bonds. The summed E-state index contributed by atoms with van der Waals surface area (Å²) in [6.45, 7) is -0.402. The Balaban J connectivity index is 1.24. The van der Waals surface area contributed by atoms with Gasteiger partial charge in [-0.2, -0.15) is 13.2 Å². The molecule has 0 spiro atoms. The minimum absolute atomic E-state index is 0.189. The van der Waals surface area contributed by atoms with Crippen molar-refractivity contribution in [2.45, 2.75) is 6.18 Å². The van der Waals surface area contributed by atoms with E-state index in [4.69, 9.17) is 32.9 Å². The lowest BCUT2D eigenvalue weighted by molar-refractivity contribution is -0.137. The van der Waals surface area contributed by atoms with Crippen molar-refractivity contribution in [2.75, 3.05) is 11.9 Å². The Bertz CT molecular complexity index is 1900. The summed E-state index contributed by atoms with van der Waals surface area (Å²) < 4.78 is 47.3. The molecule has 0 saturated carbocycles. The van der Waals surface area contributed by atoms with Gasteiger partial charge in [-0.3, -0.25) is 9.20 Å². The van der Waals surface area contributed by atoms with Gasteiger partial charge >= 0.3 is 6.18 Å². The van der Waals surface area contributed by atoms with E-state index >= 15 is 0 Å². The minimum atomic E-state index is -4.59. The van der Waals surface area contributed by atoms with Crippen molar-refractivity contribution in [3.05, 3.63) is 101 Å². The molecule has 0 aliphatic carbocycles. The second-order valence-electron chi connectivity index (χ2n) is 8.92. The van der Waals surface area contributed by atoms with Gasteiger partial charge in [-0.1, -0.05) is 58.8 Å². The van der Waals surface area contributed by atoms with Crippen molar-refractivity contribution >= 4 is 61.4 Å². The van der Waals surface area contributed by atoms with Gasteiger partial charge in [-0.15, -0.1) is 0 Å². The van der Waals surface area contributed by atoms with E-state index in [0.717, 1.165) is 37.7 Å². The Morgan fingerprint density at radius 2 is 1.68 bits per heavy atom. The van der Waals surface area contributed by atoms with E-state index in [9.17, 15) is 18.0 Å². The summed E-state index contributed by atoms with van der Waals surface area (Å²) in [4.78, 5) is 21.8. The van der Waals surface area contributed by atoms with Crippen molar-refractivity contribution in [1.82, 2.24) is 14.4 Å². The maximum absolute atomic E-state index is 12.8. The summed E-state index contributed by atoms with van der Waals surface area (Å²) in [6, 6.07) is 23.5. The molecule has 0 atom stereocenters. The number of ether oxygens (including phenoxy) is 1. The number of alkyl halides is 3. The molecule has 0 fully saturated rings. The van der Waals surface area contributed by atoms with Crippen LogP contribution in [0.25, 0.3) is 37.7 Å². The maximum Gasteiger partial charge on any atom is 0.417 e. The zero-order valence-electron chi connectivity index (χ0n) is 20.7. The molecule has 3 aromatic heterocycles. The van der Waals surface area contributed by atoms with Crippen LogP contribution in [0.15, 0.2) is 85.1 Å². The Labute approximate surface area is 245 Å². The van der Waals surface area contributed by atoms with Gasteiger partial charge < -0.3 is 10.1 Å². The molecule has 12 heteroatoms. The first-order chi connectivity index (χ1) is 19.7. The van der Waals surface area contributed by atoms with Crippen LogP contribution < -0.4 is 10.1 Å². The Hall–Kier alpha value is -4.12. The van der Waals surface area contributed by atoms with Gasteiger partial charge in [0.05, 0.1) is 32.2 Å². The predicted octanol–water partition coefficient (Wildman–Crippen LogP) is 8.62. The van der Waals surface area contributed by atoms with Crippen LogP contribution in [-0.4, -0.2) is 26.9 Å². The van der Waals surface area contributed by atoms with Crippen LogP contribution >= 0.6 is 34.5 Å². The zero-order chi connectivity index (χ0) is 28.7. The lowest BCUT2D eigenvalue weighted by Crippen LogP contribution is -2.21. The first kappa shape index (κ1) is 27.1. The number of thiazole rings is 1. The van der Waals surface area contributed by atoms with E-state index in [1.807, 2.05) is 54.6 Å². The fraction of sp³-hybridized carbons (Fsp3) is 0.0690. The van der Waals surface area contributed by atoms with E-state index in [1.54, 1.807) is 23.5 Å². The molecule has 0 radical (unpaired) electrons. The standard InChI is InChI=1S/C29H17Cl2F3N4O2S/c30-19-9-5-16(6-10-19)25-26(38-22-3-1-2-4-23(22)41-28(38)37-25)17-7-11-20(12-8-17)40-15-24(39)36-27-21(31)13-18(14-35-27)29(32,33)34/h1-14H,15H2,(H,35,36,39). The van der Waals surface area contributed by atoms with Crippen LogP contribution in [0.2, 0.25) is 10.0 Å². The SMILES string of the molecule is O=C(COc1ccc(-c2c(-c3ccc(Cl)cc3)nc3sc4ccccc4n23)cc1)Nc1ncc(C(F)(F)F)cc1Cl. The number of anilines is 1. The Morgan fingerprint density at radius 1 is 0.976 bits per heavy atom. The highest BCUT2D eigenvalue weighted by Crippen LogP contribution is 2.39. The van der Waals surface area contributed by atoms with Crippen molar-refractivity contribution in [1.29, 1.82) is 0 Å². The molecule has 3 aromatic carbocycles. The number of benzene rings is 3. The number of nitrogens with one attached hydrogen (secondary N) is 1. The number of amides is 1. The molecule has 6 rings (SSSR count).